The van der Waals surface area contributed by atoms with Crippen LogP contribution in [0, 0.1) is 5.92 Å². The average Bonchev–Trinajstić information content (AvgIpc) is 2.87. The number of thiophene rings is 1. The molecule has 0 amide bonds. The molecule has 2 N–H and O–H groups in total. The summed E-state index contributed by atoms with van der Waals surface area (Å²) in [6.07, 6.45) is 5.01. The lowest BCUT2D eigenvalue weighted by Crippen LogP contribution is -2.22. The van der Waals surface area contributed by atoms with E-state index in [9.17, 15) is 0 Å². The van der Waals surface area contributed by atoms with Crippen LogP contribution in [0.25, 0.3) is 0 Å². The fourth-order valence-electron chi connectivity index (χ4n) is 1.55. The molecule has 13 heavy (non-hydrogen) atoms. The Labute approximate surface area is 91.5 Å². The summed E-state index contributed by atoms with van der Waals surface area (Å²) >= 11 is 5.28. The molecule has 0 aliphatic heterocycles. The van der Waals surface area contributed by atoms with Gasteiger partial charge in [0.2, 0.25) is 0 Å². The molecule has 0 saturated heterocycles. The van der Waals surface area contributed by atoms with Crippen LogP contribution in [-0.4, -0.2) is 6.04 Å². The fourth-order valence-corrected chi connectivity index (χ4v) is 3.02. The van der Waals surface area contributed by atoms with Crippen molar-refractivity contribution in [2.75, 3.05) is 0 Å². The Bertz CT molecular complexity index is 280. The Morgan fingerprint density at radius 1 is 1.62 bits per heavy atom. The number of halogens is 1. The molecule has 1 heterocycles. The first kappa shape index (κ1) is 9.69. The number of rotatable bonds is 4. The molecule has 1 nitrogen and oxygen atoms in total. The molecule has 1 saturated carbocycles. The van der Waals surface area contributed by atoms with E-state index < -0.39 is 0 Å². The van der Waals surface area contributed by atoms with Crippen LogP contribution in [0.1, 0.15) is 24.1 Å². The van der Waals surface area contributed by atoms with E-state index in [0.29, 0.717) is 6.04 Å². The minimum atomic E-state index is 0.445. The van der Waals surface area contributed by atoms with E-state index in [-0.39, 0.29) is 0 Å². The molecular formula is C10H14BrNS. The first-order chi connectivity index (χ1) is 6.25. The molecule has 1 atom stereocenters. The van der Waals surface area contributed by atoms with Crippen LogP contribution in [0.15, 0.2) is 15.9 Å². The van der Waals surface area contributed by atoms with Gasteiger partial charge in [-0.3, -0.25) is 0 Å². The highest BCUT2D eigenvalue weighted by atomic mass is 79.9. The van der Waals surface area contributed by atoms with Gasteiger partial charge in [-0.25, -0.2) is 0 Å². The topological polar surface area (TPSA) is 26.0 Å². The second-order valence-corrected chi connectivity index (χ2v) is 5.68. The third-order valence-electron chi connectivity index (χ3n) is 2.57. The first-order valence-corrected chi connectivity index (χ1v) is 6.41. The molecule has 1 fully saturated rings. The minimum absolute atomic E-state index is 0.445. The van der Waals surface area contributed by atoms with Crippen LogP contribution in [0.3, 0.4) is 0 Å². The second-order valence-electron chi connectivity index (χ2n) is 3.77. The van der Waals surface area contributed by atoms with E-state index in [0.717, 1.165) is 18.8 Å². The van der Waals surface area contributed by atoms with Gasteiger partial charge in [-0.15, -0.1) is 11.3 Å². The van der Waals surface area contributed by atoms with Gasteiger partial charge in [0.05, 0.1) is 0 Å². The predicted molar refractivity (Wildman–Crippen MR) is 61.0 cm³/mol. The molecule has 1 aromatic heterocycles. The Balaban J connectivity index is 1.78. The maximum absolute atomic E-state index is 6.03. The number of nitrogens with two attached hydrogens (primary N) is 1. The molecule has 1 aliphatic carbocycles. The van der Waals surface area contributed by atoms with Crippen LogP contribution >= 0.6 is 27.3 Å². The van der Waals surface area contributed by atoms with Crippen molar-refractivity contribution in [3.05, 3.63) is 20.8 Å². The van der Waals surface area contributed by atoms with Crippen molar-refractivity contribution in [2.45, 2.75) is 31.7 Å². The van der Waals surface area contributed by atoms with Gasteiger partial charge in [0.25, 0.3) is 0 Å². The first-order valence-electron chi connectivity index (χ1n) is 4.74. The predicted octanol–water partition coefficient (Wildman–Crippen LogP) is 3.18. The third-order valence-corrected chi connectivity index (χ3v) is 4.33. The largest absolute Gasteiger partial charge is 0.327 e. The molecule has 1 aliphatic rings. The summed E-state index contributed by atoms with van der Waals surface area (Å²) in [5.74, 6) is 0.836. The summed E-state index contributed by atoms with van der Waals surface area (Å²) < 4.78 is 1.20. The quantitative estimate of drug-likeness (QED) is 0.884. The van der Waals surface area contributed by atoms with Gasteiger partial charge in [-0.2, -0.15) is 0 Å². The number of aryl methyl sites for hydroxylation is 1. The molecule has 1 aromatic rings. The number of hydrogen-bond donors (Lipinski definition) is 1. The number of hydrogen-bond acceptors (Lipinski definition) is 2. The Kier molecular flexibility index (Phi) is 3.06. The van der Waals surface area contributed by atoms with Crippen molar-refractivity contribution in [1.82, 2.24) is 0 Å². The van der Waals surface area contributed by atoms with Gasteiger partial charge in [-0.1, -0.05) is 0 Å². The third kappa shape index (κ3) is 2.79. The second kappa shape index (κ2) is 4.11. The van der Waals surface area contributed by atoms with Crippen molar-refractivity contribution < 1.29 is 0 Å². The highest BCUT2D eigenvalue weighted by Gasteiger charge is 2.27. The summed E-state index contributed by atoms with van der Waals surface area (Å²) in [5, 5.41) is 2.14. The van der Waals surface area contributed by atoms with E-state index in [2.05, 4.69) is 27.4 Å². The van der Waals surface area contributed by atoms with E-state index in [1.54, 1.807) is 0 Å². The van der Waals surface area contributed by atoms with Crippen molar-refractivity contribution in [2.24, 2.45) is 11.7 Å². The highest BCUT2D eigenvalue weighted by molar-refractivity contribution is 9.10. The maximum Gasteiger partial charge on any atom is 0.0285 e. The Morgan fingerprint density at radius 2 is 2.38 bits per heavy atom. The van der Waals surface area contributed by atoms with Crippen molar-refractivity contribution in [3.8, 4) is 0 Å². The Hall–Kier alpha value is 0.140. The Morgan fingerprint density at radius 3 is 2.92 bits per heavy atom. The summed E-state index contributed by atoms with van der Waals surface area (Å²) in [6.45, 7) is 0. The maximum atomic E-state index is 6.03. The molecule has 0 radical (unpaired) electrons. The zero-order valence-corrected chi connectivity index (χ0v) is 9.90. The van der Waals surface area contributed by atoms with Gasteiger partial charge < -0.3 is 5.73 Å². The molecule has 72 valence electrons. The van der Waals surface area contributed by atoms with Gasteiger partial charge in [-0.05, 0) is 53.6 Å². The lowest BCUT2D eigenvalue weighted by Gasteiger charge is -2.07. The zero-order valence-electron chi connectivity index (χ0n) is 7.50. The molecule has 0 bridgehead atoms. The van der Waals surface area contributed by atoms with E-state index in [4.69, 9.17) is 5.73 Å². The zero-order chi connectivity index (χ0) is 9.26. The van der Waals surface area contributed by atoms with Gasteiger partial charge in [0.1, 0.15) is 0 Å². The average molecular weight is 260 g/mol. The molecule has 2 rings (SSSR count). The molecule has 3 heteroatoms. The van der Waals surface area contributed by atoms with Gasteiger partial charge in [0.15, 0.2) is 0 Å². The van der Waals surface area contributed by atoms with Crippen molar-refractivity contribution >= 4 is 27.3 Å². The summed E-state index contributed by atoms with van der Waals surface area (Å²) in [6, 6.07) is 2.64. The minimum Gasteiger partial charge on any atom is -0.327 e. The van der Waals surface area contributed by atoms with Gasteiger partial charge in [0, 0.05) is 20.8 Å². The summed E-state index contributed by atoms with van der Waals surface area (Å²) in [7, 11) is 0. The molecule has 0 spiro atoms. The van der Waals surface area contributed by atoms with Crippen LogP contribution in [0.2, 0.25) is 0 Å². The van der Waals surface area contributed by atoms with E-state index in [1.165, 1.54) is 22.2 Å². The molecule has 1 unspecified atom stereocenters. The lowest BCUT2D eigenvalue weighted by molar-refractivity contribution is 0.552. The SMILES string of the molecule is NC(CCc1cc(Br)cs1)C1CC1. The smallest absolute Gasteiger partial charge is 0.0285 e. The standard InChI is InChI=1S/C10H14BrNS/c11-8-5-9(13-6-8)3-4-10(12)7-1-2-7/h5-7,10H,1-4,12H2. The molecule has 0 aromatic carbocycles. The van der Waals surface area contributed by atoms with Gasteiger partial charge >= 0.3 is 0 Å². The lowest BCUT2D eigenvalue weighted by atomic mass is 10.1. The van der Waals surface area contributed by atoms with Crippen LogP contribution in [-0.2, 0) is 6.42 Å². The van der Waals surface area contributed by atoms with Crippen LogP contribution in [0.5, 0.6) is 0 Å². The fraction of sp³-hybridized carbons (Fsp3) is 0.600. The van der Waals surface area contributed by atoms with Crippen molar-refractivity contribution in [3.63, 3.8) is 0 Å². The van der Waals surface area contributed by atoms with Crippen LogP contribution < -0.4 is 5.73 Å². The normalized spacial score (nSPS) is 18.9. The van der Waals surface area contributed by atoms with E-state index in [1.807, 2.05) is 11.3 Å². The van der Waals surface area contributed by atoms with Crippen molar-refractivity contribution in [1.29, 1.82) is 0 Å². The van der Waals surface area contributed by atoms with E-state index >= 15 is 0 Å². The monoisotopic (exact) mass is 259 g/mol. The summed E-state index contributed by atoms with van der Waals surface area (Å²) in [5.41, 5.74) is 6.03. The highest BCUT2D eigenvalue weighted by Crippen LogP contribution is 2.33. The summed E-state index contributed by atoms with van der Waals surface area (Å²) in [4.78, 5) is 1.45. The van der Waals surface area contributed by atoms with Crippen LogP contribution in [0.4, 0.5) is 0 Å². The molecular weight excluding hydrogens is 246 g/mol.